The number of rotatable bonds is 3. The van der Waals surface area contributed by atoms with Crippen LogP contribution in [0.3, 0.4) is 0 Å². The van der Waals surface area contributed by atoms with Gasteiger partial charge in [-0.15, -0.1) is 24.2 Å². The maximum atomic E-state index is 12.5. The van der Waals surface area contributed by atoms with E-state index in [-0.39, 0.29) is 30.3 Å². The Bertz CT molecular complexity index is 568. The molecule has 132 valence electrons. The van der Waals surface area contributed by atoms with Crippen molar-refractivity contribution in [1.29, 1.82) is 0 Å². The lowest BCUT2D eigenvalue weighted by Crippen LogP contribution is -2.54. The molecule has 0 radical (unpaired) electrons. The summed E-state index contributed by atoms with van der Waals surface area (Å²) < 4.78 is 0. The zero-order chi connectivity index (χ0) is 16.2. The van der Waals surface area contributed by atoms with Crippen molar-refractivity contribution >= 4 is 36.0 Å². The highest BCUT2D eigenvalue weighted by molar-refractivity contribution is 7.99. The predicted octanol–water partition coefficient (Wildman–Crippen LogP) is 1.62. The average Bonchev–Trinajstić information content (AvgIpc) is 3.15. The molecule has 1 unspecified atom stereocenters. The lowest BCUT2D eigenvalue weighted by Gasteiger charge is -2.36. The van der Waals surface area contributed by atoms with Crippen LogP contribution in [-0.2, 0) is 11.2 Å². The summed E-state index contributed by atoms with van der Waals surface area (Å²) in [5.74, 6) is 1.94. The second kappa shape index (κ2) is 8.74. The van der Waals surface area contributed by atoms with Crippen molar-refractivity contribution in [2.45, 2.75) is 19.4 Å². The van der Waals surface area contributed by atoms with Gasteiger partial charge in [-0.3, -0.25) is 14.9 Å². The molecule has 5 nitrogen and oxygen atoms in total. The molecule has 2 saturated heterocycles. The highest BCUT2D eigenvalue weighted by Gasteiger charge is 2.30. The van der Waals surface area contributed by atoms with E-state index in [0.29, 0.717) is 26.2 Å². The second-order valence-corrected chi connectivity index (χ2v) is 6.97. The molecule has 1 N–H and O–H groups in total. The summed E-state index contributed by atoms with van der Waals surface area (Å²) in [6.07, 6.45) is 0.975. The molecule has 1 aromatic rings. The Kier molecular flexibility index (Phi) is 6.95. The highest BCUT2D eigenvalue weighted by Crippen LogP contribution is 2.15. The van der Waals surface area contributed by atoms with Crippen molar-refractivity contribution in [2.75, 3.05) is 37.8 Å². The van der Waals surface area contributed by atoms with Crippen LogP contribution in [0.2, 0.25) is 0 Å². The lowest BCUT2D eigenvalue weighted by atomic mass is 10.1. The molecule has 2 fully saturated rings. The van der Waals surface area contributed by atoms with Crippen LogP contribution in [0.25, 0.3) is 0 Å². The molecular weight excluding hydrogens is 346 g/mol. The number of carbonyl (C=O) groups is 2. The van der Waals surface area contributed by atoms with E-state index in [2.05, 4.69) is 12.2 Å². The van der Waals surface area contributed by atoms with E-state index >= 15 is 0 Å². The Morgan fingerprint density at radius 3 is 2.29 bits per heavy atom. The van der Waals surface area contributed by atoms with Crippen LogP contribution in [0.5, 0.6) is 0 Å². The number of nitrogens with zero attached hydrogens (tertiary/aromatic N) is 2. The van der Waals surface area contributed by atoms with Crippen molar-refractivity contribution < 1.29 is 9.59 Å². The van der Waals surface area contributed by atoms with Crippen LogP contribution in [0.1, 0.15) is 22.8 Å². The first-order valence-corrected chi connectivity index (χ1v) is 9.32. The van der Waals surface area contributed by atoms with Crippen molar-refractivity contribution in [3.05, 3.63) is 35.4 Å². The van der Waals surface area contributed by atoms with E-state index < -0.39 is 0 Å². The zero-order valence-electron chi connectivity index (χ0n) is 13.9. The molecule has 2 amide bonds. The fraction of sp³-hybridized carbons (Fsp3) is 0.529. The third kappa shape index (κ3) is 4.23. The van der Waals surface area contributed by atoms with Crippen LogP contribution in [0, 0.1) is 0 Å². The van der Waals surface area contributed by atoms with Crippen LogP contribution in [0.4, 0.5) is 0 Å². The summed E-state index contributed by atoms with van der Waals surface area (Å²) >= 11 is 1.76. The first kappa shape index (κ1) is 19.1. The summed E-state index contributed by atoms with van der Waals surface area (Å²) in [5.41, 5.74) is 1.97. The average molecular weight is 370 g/mol. The quantitative estimate of drug-likeness (QED) is 0.879. The number of hydrogen-bond donors (Lipinski definition) is 1. The molecule has 2 heterocycles. The van der Waals surface area contributed by atoms with Crippen molar-refractivity contribution in [1.82, 2.24) is 15.1 Å². The largest absolute Gasteiger partial charge is 0.338 e. The molecule has 2 aliphatic heterocycles. The van der Waals surface area contributed by atoms with Gasteiger partial charge in [0.25, 0.3) is 5.91 Å². The molecule has 0 saturated carbocycles. The van der Waals surface area contributed by atoms with Crippen molar-refractivity contribution in [3.8, 4) is 0 Å². The topological polar surface area (TPSA) is 52.7 Å². The monoisotopic (exact) mass is 369 g/mol. The number of thioether (sulfide) groups is 1. The Hall–Kier alpha value is -1.24. The predicted molar refractivity (Wildman–Crippen MR) is 99.8 cm³/mol. The Balaban J connectivity index is 0.00000208. The lowest BCUT2D eigenvalue weighted by molar-refractivity contribution is -0.134. The molecule has 0 aliphatic carbocycles. The van der Waals surface area contributed by atoms with Gasteiger partial charge in [0.15, 0.2) is 0 Å². The van der Waals surface area contributed by atoms with Crippen LogP contribution in [0.15, 0.2) is 24.3 Å². The highest BCUT2D eigenvalue weighted by atomic mass is 35.5. The smallest absolute Gasteiger partial charge is 0.253 e. The molecule has 2 aliphatic rings. The Morgan fingerprint density at radius 2 is 1.75 bits per heavy atom. The molecule has 3 rings (SSSR count). The van der Waals surface area contributed by atoms with Gasteiger partial charge in [0, 0.05) is 43.4 Å². The third-order valence-electron chi connectivity index (χ3n) is 4.50. The van der Waals surface area contributed by atoms with Gasteiger partial charge in [-0.1, -0.05) is 19.1 Å². The third-order valence-corrected chi connectivity index (χ3v) is 5.44. The SMILES string of the molecule is CCc1ccc(C(=O)N2CCN(C(=O)C3CSCN3)CC2)cc1.Cl. The fourth-order valence-corrected chi connectivity index (χ4v) is 3.90. The maximum absolute atomic E-state index is 12.5. The Morgan fingerprint density at radius 1 is 1.12 bits per heavy atom. The molecule has 1 aromatic carbocycles. The van der Waals surface area contributed by atoms with Crippen molar-refractivity contribution in [2.24, 2.45) is 0 Å². The van der Waals surface area contributed by atoms with Crippen LogP contribution >= 0.6 is 24.2 Å². The van der Waals surface area contributed by atoms with Gasteiger partial charge < -0.3 is 9.80 Å². The molecular formula is C17H24ClN3O2S. The number of hydrogen-bond acceptors (Lipinski definition) is 4. The standard InChI is InChI=1S/C17H23N3O2S.ClH/c1-2-13-3-5-14(6-4-13)16(21)19-7-9-20(10-8-19)17(22)15-11-23-12-18-15;/h3-6,15,18H,2,7-12H2,1H3;1H. The molecule has 24 heavy (non-hydrogen) atoms. The minimum atomic E-state index is -0.0520. The number of aryl methyl sites for hydroxylation is 1. The van der Waals surface area contributed by atoms with Crippen LogP contribution in [-0.4, -0.2) is 65.5 Å². The number of amides is 2. The second-order valence-electron chi connectivity index (χ2n) is 5.94. The van der Waals surface area contributed by atoms with E-state index in [1.165, 1.54) is 5.56 Å². The summed E-state index contributed by atoms with van der Waals surface area (Å²) in [6.45, 7) is 4.58. The normalized spacial score (nSPS) is 20.6. The van der Waals surface area contributed by atoms with E-state index in [1.807, 2.05) is 34.1 Å². The minimum absolute atomic E-state index is 0. The molecule has 7 heteroatoms. The molecule has 0 spiro atoms. The van der Waals surface area contributed by atoms with Gasteiger partial charge in [0.05, 0.1) is 6.04 Å². The molecule has 0 bridgehead atoms. The van der Waals surface area contributed by atoms with Gasteiger partial charge in [-0.2, -0.15) is 0 Å². The first-order chi connectivity index (χ1) is 11.2. The number of halogens is 1. The number of nitrogens with one attached hydrogen (secondary N) is 1. The van der Waals surface area contributed by atoms with Gasteiger partial charge in [0.2, 0.25) is 5.91 Å². The summed E-state index contributed by atoms with van der Waals surface area (Å²) in [4.78, 5) is 28.6. The Labute approximate surface area is 153 Å². The number of carbonyl (C=O) groups excluding carboxylic acids is 2. The van der Waals surface area contributed by atoms with Crippen LogP contribution < -0.4 is 5.32 Å². The first-order valence-electron chi connectivity index (χ1n) is 8.17. The zero-order valence-corrected chi connectivity index (χ0v) is 15.5. The van der Waals surface area contributed by atoms with Gasteiger partial charge in [-0.05, 0) is 24.1 Å². The molecule has 1 atom stereocenters. The fourth-order valence-electron chi connectivity index (χ4n) is 2.97. The summed E-state index contributed by atoms with van der Waals surface area (Å²) in [5, 5.41) is 3.22. The van der Waals surface area contributed by atoms with Crippen molar-refractivity contribution in [3.63, 3.8) is 0 Å². The van der Waals surface area contributed by atoms with E-state index in [9.17, 15) is 9.59 Å². The molecule has 0 aromatic heterocycles. The van der Waals surface area contributed by atoms with Gasteiger partial charge >= 0.3 is 0 Å². The van der Waals surface area contributed by atoms with Gasteiger partial charge in [-0.25, -0.2) is 0 Å². The van der Waals surface area contributed by atoms with E-state index in [4.69, 9.17) is 0 Å². The maximum Gasteiger partial charge on any atom is 0.253 e. The van der Waals surface area contributed by atoms with Gasteiger partial charge in [0.1, 0.15) is 0 Å². The number of benzene rings is 1. The van der Waals surface area contributed by atoms with E-state index in [1.54, 1.807) is 11.8 Å². The summed E-state index contributed by atoms with van der Waals surface area (Å²) in [7, 11) is 0. The van der Waals surface area contributed by atoms with E-state index in [0.717, 1.165) is 23.6 Å². The number of piperazine rings is 1. The minimum Gasteiger partial charge on any atom is -0.338 e. The summed E-state index contributed by atoms with van der Waals surface area (Å²) in [6, 6.07) is 7.77.